The number of hydrogen-bond acceptors (Lipinski definition) is 3. The van der Waals surface area contributed by atoms with Gasteiger partial charge in [0.15, 0.2) is 0 Å². The summed E-state index contributed by atoms with van der Waals surface area (Å²) < 4.78 is 6.04. The number of benzene rings is 2. The summed E-state index contributed by atoms with van der Waals surface area (Å²) in [5, 5.41) is 0.542. The van der Waals surface area contributed by atoms with Crippen molar-refractivity contribution in [1.82, 2.24) is 4.90 Å². The summed E-state index contributed by atoms with van der Waals surface area (Å²) in [6, 6.07) is 12.2. The number of rotatable bonds is 3. The van der Waals surface area contributed by atoms with E-state index in [1.54, 1.807) is 29.3 Å². The third-order valence-corrected chi connectivity index (χ3v) is 4.80. The van der Waals surface area contributed by atoms with E-state index in [2.05, 4.69) is 15.9 Å². The minimum Gasteiger partial charge on any atom is -0.425 e. The highest BCUT2D eigenvalue weighted by molar-refractivity contribution is 9.10. The molecule has 0 bridgehead atoms. The summed E-state index contributed by atoms with van der Waals surface area (Å²) in [5.74, 6) is -0.163. The van der Waals surface area contributed by atoms with E-state index in [4.69, 9.17) is 16.3 Å². The number of amides is 1. The normalized spacial score (nSPS) is 15.6. The monoisotopic (exact) mass is 419 g/mol. The largest absolute Gasteiger partial charge is 0.425 e. The molecule has 1 aliphatic rings. The Morgan fingerprint density at radius 2 is 2.00 bits per heavy atom. The highest BCUT2D eigenvalue weighted by atomic mass is 79.9. The number of nitrogens with zero attached hydrogens (tertiary/aromatic N) is 1. The van der Waals surface area contributed by atoms with E-state index in [1.165, 1.54) is 6.92 Å². The Bertz CT molecular complexity index is 865. The van der Waals surface area contributed by atoms with Crippen LogP contribution in [-0.4, -0.2) is 16.8 Å². The Labute approximate surface area is 159 Å². The summed E-state index contributed by atoms with van der Waals surface area (Å²) in [6.07, 6.45) is 3.63. The average molecular weight is 421 g/mol. The second-order valence-corrected chi connectivity index (χ2v) is 6.93. The van der Waals surface area contributed by atoms with Gasteiger partial charge in [-0.25, -0.2) is 0 Å². The molecule has 4 nitrogen and oxygen atoms in total. The third kappa shape index (κ3) is 3.94. The van der Waals surface area contributed by atoms with Crippen LogP contribution in [-0.2, 0) is 9.59 Å². The molecule has 6 heteroatoms. The van der Waals surface area contributed by atoms with Crippen LogP contribution >= 0.6 is 27.5 Å². The predicted molar refractivity (Wildman–Crippen MR) is 100 cm³/mol. The maximum Gasteiger partial charge on any atom is 0.313 e. The van der Waals surface area contributed by atoms with Gasteiger partial charge in [0, 0.05) is 18.1 Å². The van der Waals surface area contributed by atoms with Crippen molar-refractivity contribution in [2.24, 2.45) is 0 Å². The number of carbonyl (C=O) groups excluding carboxylic acids is 2. The van der Waals surface area contributed by atoms with Crippen molar-refractivity contribution < 1.29 is 14.3 Å². The lowest BCUT2D eigenvalue weighted by molar-refractivity contribution is -0.137. The summed E-state index contributed by atoms with van der Waals surface area (Å²) in [6.45, 7) is 1.48. The van der Waals surface area contributed by atoms with Crippen LogP contribution in [0.5, 0.6) is 5.75 Å². The summed E-state index contributed by atoms with van der Waals surface area (Å²) in [7, 11) is 0. The fourth-order valence-corrected chi connectivity index (χ4v) is 3.56. The quantitative estimate of drug-likeness (QED) is 0.520. The van der Waals surface area contributed by atoms with Crippen LogP contribution in [0.4, 0.5) is 0 Å². The van der Waals surface area contributed by atoms with Crippen molar-refractivity contribution in [3.63, 3.8) is 0 Å². The van der Waals surface area contributed by atoms with Gasteiger partial charge in [0.25, 0.3) is 0 Å². The minimum atomic E-state index is -0.427. The molecule has 0 spiro atoms. The highest BCUT2D eigenvalue weighted by Crippen LogP contribution is 2.34. The first-order chi connectivity index (χ1) is 12.0. The third-order valence-electron chi connectivity index (χ3n) is 3.95. The molecular formula is C19H15BrClNO3. The lowest BCUT2D eigenvalue weighted by Crippen LogP contribution is -2.33. The first-order valence-electron chi connectivity index (χ1n) is 7.67. The molecule has 25 heavy (non-hydrogen) atoms. The maximum atomic E-state index is 12.5. The topological polar surface area (TPSA) is 46.6 Å². The number of halogens is 2. The van der Waals surface area contributed by atoms with Gasteiger partial charge in [-0.2, -0.15) is 0 Å². The van der Waals surface area contributed by atoms with Crippen LogP contribution in [0.3, 0.4) is 0 Å². The van der Waals surface area contributed by atoms with Crippen molar-refractivity contribution in [3.05, 3.63) is 69.3 Å². The van der Waals surface area contributed by atoms with Crippen LogP contribution < -0.4 is 4.74 Å². The van der Waals surface area contributed by atoms with Crippen molar-refractivity contribution in [2.45, 2.75) is 19.4 Å². The molecule has 128 valence electrons. The van der Waals surface area contributed by atoms with Crippen LogP contribution in [0.25, 0.3) is 6.08 Å². The van der Waals surface area contributed by atoms with Crippen LogP contribution in [0, 0.1) is 0 Å². The molecule has 0 aliphatic carbocycles. The molecule has 1 aliphatic heterocycles. The highest BCUT2D eigenvalue weighted by Gasteiger charge is 2.29. The number of fused-ring (bicyclic) bond motifs is 1. The lowest BCUT2D eigenvalue weighted by atomic mass is 9.94. The number of carbonyl (C=O) groups is 2. The van der Waals surface area contributed by atoms with E-state index in [0.717, 1.165) is 11.1 Å². The molecule has 0 saturated heterocycles. The van der Waals surface area contributed by atoms with Gasteiger partial charge in [0.1, 0.15) is 5.75 Å². The molecular weight excluding hydrogens is 406 g/mol. The minimum absolute atomic E-state index is 0.0516. The molecule has 1 atom stereocenters. The average Bonchev–Trinajstić information content (AvgIpc) is 2.57. The first kappa shape index (κ1) is 17.7. The number of hydrogen-bond donors (Lipinski definition) is 0. The Morgan fingerprint density at radius 1 is 1.24 bits per heavy atom. The van der Waals surface area contributed by atoms with Crippen molar-refractivity contribution >= 4 is 45.5 Å². The van der Waals surface area contributed by atoms with Crippen LogP contribution in [0.15, 0.2) is 53.1 Å². The van der Waals surface area contributed by atoms with Crippen molar-refractivity contribution in [3.8, 4) is 5.75 Å². The molecule has 1 heterocycles. The van der Waals surface area contributed by atoms with Crippen LogP contribution in [0.1, 0.15) is 30.5 Å². The Kier molecular flexibility index (Phi) is 5.25. The zero-order valence-electron chi connectivity index (χ0n) is 13.4. The molecule has 0 aromatic heterocycles. The SMILES string of the molecule is CC(=O)N1C=Cc2ccccc2C1CC(=O)Oc1ccc(Cl)cc1Br. The van der Waals surface area contributed by atoms with Crippen LogP contribution in [0.2, 0.25) is 5.02 Å². The maximum absolute atomic E-state index is 12.5. The molecule has 3 rings (SSSR count). The zero-order valence-corrected chi connectivity index (χ0v) is 15.8. The van der Waals surface area contributed by atoms with Crippen molar-refractivity contribution in [2.75, 3.05) is 0 Å². The molecule has 0 radical (unpaired) electrons. The second-order valence-electron chi connectivity index (χ2n) is 5.64. The molecule has 0 N–H and O–H groups in total. The number of esters is 1. The van der Waals surface area contributed by atoms with E-state index >= 15 is 0 Å². The Hall–Kier alpha value is -2.11. The molecule has 0 fully saturated rings. The molecule has 2 aromatic rings. The number of ether oxygens (including phenoxy) is 1. The Balaban J connectivity index is 1.82. The van der Waals surface area contributed by atoms with E-state index < -0.39 is 12.0 Å². The fourth-order valence-electron chi connectivity index (χ4n) is 2.79. The standard InChI is InChI=1S/C19H15BrClNO3/c1-12(23)22-9-8-13-4-2-3-5-15(13)17(22)11-19(24)25-18-7-6-14(21)10-16(18)20/h2-10,17H,11H2,1H3. The van der Waals surface area contributed by atoms with Gasteiger partial charge in [0.05, 0.1) is 16.9 Å². The predicted octanol–water partition coefficient (Wildman–Crippen LogP) is 4.97. The molecule has 2 aromatic carbocycles. The van der Waals surface area contributed by atoms with E-state index in [0.29, 0.717) is 15.2 Å². The summed E-state index contributed by atoms with van der Waals surface area (Å²) in [4.78, 5) is 26.0. The van der Waals surface area contributed by atoms with Gasteiger partial charge < -0.3 is 9.64 Å². The van der Waals surface area contributed by atoms with Gasteiger partial charge in [0.2, 0.25) is 5.91 Å². The Morgan fingerprint density at radius 3 is 2.72 bits per heavy atom. The van der Waals surface area contributed by atoms with Gasteiger partial charge in [-0.15, -0.1) is 0 Å². The molecule has 1 amide bonds. The van der Waals surface area contributed by atoms with Gasteiger partial charge in [-0.1, -0.05) is 35.9 Å². The first-order valence-corrected chi connectivity index (χ1v) is 8.84. The fraction of sp³-hybridized carbons (Fsp3) is 0.158. The van der Waals surface area contributed by atoms with Gasteiger partial charge >= 0.3 is 5.97 Å². The smallest absolute Gasteiger partial charge is 0.313 e. The zero-order chi connectivity index (χ0) is 18.0. The van der Waals surface area contributed by atoms with Gasteiger partial charge in [-0.3, -0.25) is 9.59 Å². The van der Waals surface area contributed by atoms with E-state index in [9.17, 15) is 9.59 Å². The van der Waals surface area contributed by atoms with E-state index in [1.807, 2.05) is 30.3 Å². The van der Waals surface area contributed by atoms with E-state index in [-0.39, 0.29) is 12.3 Å². The summed E-state index contributed by atoms with van der Waals surface area (Å²) in [5.41, 5.74) is 1.91. The lowest BCUT2D eigenvalue weighted by Gasteiger charge is -2.32. The second kappa shape index (κ2) is 7.42. The van der Waals surface area contributed by atoms with Crippen molar-refractivity contribution in [1.29, 1.82) is 0 Å². The molecule has 0 saturated carbocycles. The van der Waals surface area contributed by atoms with Gasteiger partial charge in [-0.05, 0) is 51.3 Å². The molecule has 1 unspecified atom stereocenters. The summed E-state index contributed by atoms with van der Waals surface area (Å²) >= 11 is 9.22.